The largest absolute Gasteiger partial charge is 0.265 e. The number of hydrogen-bond acceptors (Lipinski definition) is 2. The summed E-state index contributed by atoms with van der Waals surface area (Å²) < 4.78 is 0. The molecule has 4 nitrogen and oxygen atoms in total. The standard InChI is InChI=1S/C15H10N4/c1-10(2)15(14(9-17)19-4)12-5-11(8-16)6-13(7-12)18-3/h5-7,10H,1-2H3/b15-14-. The van der Waals surface area contributed by atoms with E-state index in [1.807, 2.05) is 26.0 Å². The van der Waals surface area contributed by atoms with Crippen molar-refractivity contribution in [1.82, 2.24) is 0 Å². The summed E-state index contributed by atoms with van der Waals surface area (Å²) in [6, 6.07) is 8.55. The first kappa shape index (κ1) is 14.0. The molecule has 0 aliphatic carbocycles. The van der Waals surface area contributed by atoms with Gasteiger partial charge in [0.1, 0.15) is 0 Å². The number of rotatable bonds is 2. The van der Waals surface area contributed by atoms with Crippen LogP contribution in [0, 0.1) is 41.7 Å². The van der Waals surface area contributed by atoms with Gasteiger partial charge in [-0.2, -0.15) is 5.26 Å². The minimum absolute atomic E-state index is 0.000945. The molecule has 1 aromatic rings. The fourth-order valence-corrected chi connectivity index (χ4v) is 1.78. The van der Waals surface area contributed by atoms with E-state index < -0.39 is 0 Å². The van der Waals surface area contributed by atoms with Gasteiger partial charge in [0.25, 0.3) is 5.70 Å². The Bertz CT molecular complexity index is 649. The first-order valence-electron chi connectivity index (χ1n) is 5.52. The summed E-state index contributed by atoms with van der Waals surface area (Å²) in [5, 5.41) is 18.0. The summed E-state index contributed by atoms with van der Waals surface area (Å²) >= 11 is 0. The Kier molecular flexibility index (Phi) is 4.43. The second-order valence-electron chi connectivity index (χ2n) is 4.13. The van der Waals surface area contributed by atoms with Gasteiger partial charge in [0.15, 0.2) is 5.69 Å². The maximum atomic E-state index is 9.01. The molecule has 19 heavy (non-hydrogen) atoms. The van der Waals surface area contributed by atoms with Crippen molar-refractivity contribution in [2.45, 2.75) is 13.8 Å². The van der Waals surface area contributed by atoms with Crippen LogP contribution in [0.3, 0.4) is 0 Å². The lowest BCUT2D eigenvalue weighted by atomic mass is 9.92. The van der Waals surface area contributed by atoms with E-state index in [9.17, 15) is 0 Å². The quantitative estimate of drug-likeness (QED) is 0.586. The molecule has 0 aliphatic rings. The lowest BCUT2D eigenvalue weighted by molar-refractivity contribution is 0.852. The highest BCUT2D eigenvalue weighted by atomic mass is 14.7. The van der Waals surface area contributed by atoms with Crippen molar-refractivity contribution >= 4 is 11.3 Å². The third-order valence-corrected chi connectivity index (χ3v) is 2.54. The van der Waals surface area contributed by atoms with Gasteiger partial charge < -0.3 is 0 Å². The van der Waals surface area contributed by atoms with E-state index in [1.165, 1.54) is 6.07 Å². The van der Waals surface area contributed by atoms with Gasteiger partial charge in [-0.3, -0.25) is 0 Å². The smallest absolute Gasteiger partial charge is 0.238 e. The van der Waals surface area contributed by atoms with Gasteiger partial charge in [0.2, 0.25) is 0 Å². The minimum Gasteiger partial charge on any atom is -0.238 e. The topological polar surface area (TPSA) is 56.3 Å². The molecule has 0 spiro atoms. The maximum absolute atomic E-state index is 9.01. The molecule has 0 bridgehead atoms. The van der Waals surface area contributed by atoms with Crippen molar-refractivity contribution < 1.29 is 0 Å². The van der Waals surface area contributed by atoms with Gasteiger partial charge in [0.05, 0.1) is 25.3 Å². The predicted octanol–water partition coefficient (Wildman–Crippen LogP) is 3.92. The number of hydrogen-bond donors (Lipinski definition) is 0. The van der Waals surface area contributed by atoms with E-state index in [0.29, 0.717) is 22.4 Å². The van der Waals surface area contributed by atoms with Gasteiger partial charge in [0, 0.05) is 5.56 Å². The van der Waals surface area contributed by atoms with Gasteiger partial charge in [-0.25, -0.2) is 15.0 Å². The highest BCUT2D eigenvalue weighted by Gasteiger charge is 2.14. The average Bonchev–Trinajstić information content (AvgIpc) is 2.43. The Morgan fingerprint density at radius 3 is 2.32 bits per heavy atom. The summed E-state index contributed by atoms with van der Waals surface area (Å²) in [6.45, 7) is 17.8. The normalized spacial score (nSPS) is 10.7. The Morgan fingerprint density at radius 1 is 1.21 bits per heavy atom. The fourth-order valence-electron chi connectivity index (χ4n) is 1.78. The molecule has 0 aliphatic heterocycles. The SMILES string of the molecule is [C-]#[N+]/C(C#N)=C(\c1cc(C#N)cc([N+]#[C-])c1)C(C)C. The van der Waals surface area contributed by atoms with Crippen molar-refractivity contribution in [2.75, 3.05) is 0 Å². The molecule has 4 heteroatoms. The molecule has 1 aromatic carbocycles. The van der Waals surface area contributed by atoms with Crippen molar-refractivity contribution in [1.29, 1.82) is 10.5 Å². The Hall–Kier alpha value is -3.08. The molecule has 0 saturated carbocycles. The van der Waals surface area contributed by atoms with Crippen LogP contribution in [0.2, 0.25) is 0 Å². The van der Waals surface area contributed by atoms with Crippen molar-refractivity contribution in [3.63, 3.8) is 0 Å². The Morgan fingerprint density at radius 2 is 1.89 bits per heavy atom. The molecule has 0 N–H and O–H groups in total. The fraction of sp³-hybridized carbons (Fsp3) is 0.200. The number of benzene rings is 1. The van der Waals surface area contributed by atoms with E-state index in [1.54, 1.807) is 12.1 Å². The molecule has 0 unspecified atom stereocenters. The summed E-state index contributed by atoms with van der Waals surface area (Å²) in [7, 11) is 0. The molecular weight excluding hydrogens is 236 g/mol. The third-order valence-electron chi connectivity index (χ3n) is 2.54. The van der Waals surface area contributed by atoms with Gasteiger partial charge in [-0.15, -0.1) is 0 Å². The summed E-state index contributed by atoms with van der Waals surface area (Å²) in [4.78, 5) is 6.53. The van der Waals surface area contributed by atoms with E-state index in [4.69, 9.17) is 23.7 Å². The molecule has 0 saturated heterocycles. The molecule has 0 aromatic heterocycles. The highest BCUT2D eigenvalue weighted by molar-refractivity contribution is 5.77. The van der Waals surface area contributed by atoms with Crippen LogP contribution in [-0.4, -0.2) is 0 Å². The molecule has 0 fully saturated rings. The molecule has 90 valence electrons. The Labute approximate surface area is 112 Å². The molecule has 0 heterocycles. The zero-order valence-corrected chi connectivity index (χ0v) is 10.6. The number of nitrogens with zero attached hydrogens (tertiary/aromatic N) is 4. The summed E-state index contributed by atoms with van der Waals surface area (Å²) in [5.74, 6) is -0.0451. The predicted molar refractivity (Wildman–Crippen MR) is 71.4 cm³/mol. The van der Waals surface area contributed by atoms with Crippen LogP contribution >= 0.6 is 0 Å². The number of nitriles is 2. The van der Waals surface area contributed by atoms with Crippen molar-refractivity contribution in [2.24, 2.45) is 5.92 Å². The number of allylic oxidation sites excluding steroid dienone is 2. The maximum Gasteiger partial charge on any atom is 0.265 e. The third kappa shape index (κ3) is 2.98. The molecule has 0 atom stereocenters. The van der Waals surface area contributed by atoms with Crippen LogP contribution in [0.1, 0.15) is 25.0 Å². The van der Waals surface area contributed by atoms with Gasteiger partial charge in [-0.1, -0.05) is 19.9 Å². The minimum atomic E-state index is -0.0451. The molecule has 0 amide bonds. The van der Waals surface area contributed by atoms with E-state index >= 15 is 0 Å². The lowest BCUT2D eigenvalue weighted by Crippen LogP contribution is -1.97. The second-order valence-corrected chi connectivity index (χ2v) is 4.13. The van der Waals surface area contributed by atoms with E-state index in [2.05, 4.69) is 9.69 Å². The zero-order chi connectivity index (χ0) is 14.4. The van der Waals surface area contributed by atoms with E-state index in [-0.39, 0.29) is 11.6 Å². The first-order chi connectivity index (χ1) is 9.07. The molecule has 1 rings (SSSR count). The highest BCUT2D eigenvalue weighted by Crippen LogP contribution is 2.31. The summed E-state index contributed by atoms with van der Waals surface area (Å²) in [5.41, 5.74) is 1.84. The van der Waals surface area contributed by atoms with Crippen LogP contribution in [0.15, 0.2) is 23.9 Å². The van der Waals surface area contributed by atoms with E-state index in [0.717, 1.165) is 0 Å². The van der Waals surface area contributed by atoms with Crippen LogP contribution in [0.4, 0.5) is 5.69 Å². The van der Waals surface area contributed by atoms with Gasteiger partial charge >= 0.3 is 0 Å². The van der Waals surface area contributed by atoms with Crippen LogP contribution < -0.4 is 0 Å². The van der Waals surface area contributed by atoms with Crippen LogP contribution in [0.25, 0.3) is 15.3 Å². The monoisotopic (exact) mass is 246 g/mol. The first-order valence-corrected chi connectivity index (χ1v) is 5.52. The van der Waals surface area contributed by atoms with Crippen molar-refractivity contribution in [3.8, 4) is 12.1 Å². The van der Waals surface area contributed by atoms with Gasteiger partial charge in [-0.05, 0) is 29.2 Å². The lowest BCUT2D eigenvalue weighted by Gasteiger charge is -2.13. The second kappa shape index (κ2) is 6.02. The zero-order valence-electron chi connectivity index (χ0n) is 10.6. The van der Waals surface area contributed by atoms with Crippen LogP contribution in [-0.2, 0) is 0 Å². The Balaban J connectivity index is 3.66. The average molecular weight is 246 g/mol. The summed E-state index contributed by atoms with van der Waals surface area (Å²) in [6.07, 6.45) is 0. The molecule has 0 radical (unpaired) electrons. The molecular formula is C15H10N4. The van der Waals surface area contributed by atoms with Crippen LogP contribution in [0.5, 0.6) is 0 Å². The van der Waals surface area contributed by atoms with Crippen molar-refractivity contribution in [3.05, 3.63) is 57.9 Å².